The first-order chi connectivity index (χ1) is 5.45. The van der Waals surface area contributed by atoms with Crippen molar-refractivity contribution in [2.45, 2.75) is 26.3 Å². The lowest BCUT2D eigenvalue weighted by atomic mass is 10.1. The Morgan fingerprint density at radius 3 is 2.25 bits per heavy atom. The zero-order chi connectivity index (χ0) is 9.35. The summed E-state index contributed by atoms with van der Waals surface area (Å²) in [5.41, 5.74) is -0.409. The van der Waals surface area contributed by atoms with E-state index < -0.39 is 11.6 Å². The van der Waals surface area contributed by atoms with Crippen molar-refractivity contribution in [1.82, 2.24) is 14.8 Å². The van der Waals surface area contributed by atoms with Gasteiger partial charge in [0.15, 0.2) is 0 Å². The van der Waals surface area contributed by atoms with E-state index in [-0.39, 0.29) is 6.01 Å². The Morgan fingerprint density at radius 2 is 2.00 bits per heavy atom. The van der Waals surface area contributed by atoms with Crippen molar-refractivity contribution in [3.8, 4) is 6.01 Å². The van der Waals surface area contributed by atoms with Gasteiger partial charge in [0.1, 0.15) is 0 Å². The molecule has 0 N–H and O–H groups in total. The molecule has 0 radical (unpaired) electrons. The van der Waals surface area contributed by atoms with Crippen molar-refractivity contribution < 1.29 is 9.13 Å². The van der Waals surface area contributed by atoms with Crippen molar-refractivity contribution >= 4 is 0 Å². The van der Waals surface area contributed by atoms with E-state index in [2.05, 4.69) is 14.8 Å². The van der Waals surface area contributed by atoms with Gasteiger partial charge in [-0.05, 0) is 20.8 Å². The highest BCUT2D eigenvalue weighted by atomic mass is 19.1. The van der Waals surface area contributed by atoms with E-state index in [4.69, 9.17) is 0 Å². The number of methoxy groups -OCH3 is 1. The number of aromatic nitrogens is 3. The Labute approximate surface area is 70.4 Å². The molecule has 0 aromatic carbocycles. The zero-order valence-electron chi connectivity index (χ0n) is 7.63. The van der Waals surface area contributed by atoms with Crippen molar-refractivity contribution in [3.05, 3.63) is 6.08 Å². The fourth-order valence-corrected chi connectivity index (χ4v) is 0.789. The number of rotatable bonds is 1. The number of hydrogen-bond donors (Lipinski definition) is 0. The van der Waals surface area contributed by atoms with Crippen LogP contribution in [0.5, 0.6) is 6.01 Å². The van der Waals surface area contributed by atoms with Gasteiger partial charge in [0, 0.05) is 0 Å². The van der Waals surface area contributed by atoms with E-state index in [9.17, 15) is 4.39 Å². The molecule has 1 aromatic heterocycles. The molecule has 0 unspecified atom stereocenters. The smallest absolute Gasteiger partial charge is 0.337 e. The van der Waals surface area contributed by atoms with E-state index in [0.717, 1.165) is 0 Å². The summed E-state index contributed by atoms with van der Waals surface area (Å²) in [7, 11) is 1.40. The van der Waals surface area contributed by atoms with E-state index in [0.29, 0.717) is 0 Å². The second-order valence-electron chi connectivity index (χ2n) is 3.45. The third-order valence-electron chi connectivity index (χ3n) is 1.37. The van der Waals surface area contributed by atoms with Crippen molar-refractivity contribution in [3.63, 3.8) is 0 Å². The number of hydrogen-bond acceptors (Lipinski definition) is 3. The van der Waals surface area contributed by atoms with Crippen LogP contribution in [0, 0.1) is 6.08 Å². The number of ether oxygens (including phenoxy) is 1. The minimum absolute atomic E-state index is 0.0578. The lowest BCUT2D eigenvalue weighted by Gasteiger charge is -2.17. The topological polar surface area (TPSA) is 39.9 Å². The molecule has 0 bridgehead atoms. The maximum absolute atomic E-state index is 13.0. The SMILES string of the molecule is COc1nc(F)n(C(C)(C)C)n1. The summed E-state index contributed by atoms with van der Waals surface area (Å²) >= 11 is 0. The van der Waals surface area contributed by atoms with Crippen LogP contribution < -0.4 is 4.74 Å². The van der Waals surface area contributed by atoms with Gasteiger partial charge in [-0.1, -0.05) is 0 Å². The van der Waals surface area contributed by atoms with Gasteiger partial charge >= 0.3 is 12.1 Å². The van der Waals surface area contributed by atoms with Crippen molar-refractivity contribution in [2.24, 2.45) is 0 Å². The Kier molecular flexibility index (Phi) is 2.04. The average Bonchev–Trinajstić information content (AvgIpc) is 2.29. The molecule has 1 aromatic rings. The fourth-order valence-electron chi connectivity index (χ4n) is 0.789. The molecule has 4 nitrogen and oxygen atoms in total. The Bertz CT molecular complexity index is 277. The largest absolute Gasteiger partial charge is 0.466 e. The lowest BCUT2D eigenvalue weighted by molar-refractivity contribution is 0.287. The van der Waals surface area contributed by atoms with Crippen molar-refractivity contribution in [2.75, 3.05) is 7.11 Å². The molecule has 0 fully saturated rings. The molecule has 0 saturated carbocycles. The van der Waals surface area contributed by atoms with Crippen LogP contribution in [0.25, 0.3) is 0 Å². The monoisotopic (exact) mass is 173 g/mol. The predicted octanol–water partition coefficient (Wildman–Crippen LogP) is 1.18. The van der Waals surface area contributed by atoms with E-state index >= 15 is 0 Å². The molecule has 0 aliphatic heterocycles. The first-order valence-electron chi connectivity index (χ1n) is 3.62. The summed E-state index contributed by atoms with van der Waals surface area (Å²) < 4.78 is 18.9. The zero-order valence-corrected chi connectivity index (χ0v) is 7.63. The summed E-state index contributed by atoms with van der Waals surface area (Å²) in [5, 5.41) is 3.81. The minimum Gasteiger partial charge on any atom is -0.466 e. The summed E-state index contributed by atoms with van der Waals surface area (Å²) in [5.74, 6) is 0. The van der Waals surface area contributed by atoms with Crippen LogP contribution in [0.15, 0.2) is 0 Å². The van der Waals surface area contributed by atoms with E-state index in [1.54, 1.807) is 0 Å². The Balaban J connectivity index is 3.08. The van der Waals surface area contributed by atoms with Crippen LogP contribution >= 0.6 is 0 Å². The normalized spacial score (nSPS) is 11.8. The highest BCUT2D eigenvalue weighted by molar-refractivity contribution is 4.91. The maximum atomic E-state index is 13.0. The Hall–Kier alpha value is -1.13. The predicted molar refractivity (Wildman–Crippen MR) is 41.5 cm³/mol. The van der Waals surface area contributed by atoms with Gasteiger partial charge in [-0.2, -0.15) is 4.39 Å². The van der Waals surface area contributed by atoms with Crippen molar-refractivity contribution in [1.29, 1.82) is 0 Å². The van der Waals surface area contributed by atoms with Gasteiger partial charge in [0.25, 0.3) is 0 Å². The molecule has 1 rings (SSSR count). The van der Waals surface area contributed by atoms with Gasteiger partial charge in [-0.15, -0.1) is 10.1 Å². The number of halogens is 1. The maximum Gasteiger partial charge on any atom is 0.337 e. The number of nitrogens with zero attached hydrogens (tertiary/aromatic N) is 3. The summed E-state index contributed by atoms with van der Waals surface area (Å²) in [4.78, 5) is 3.46. The first-order valence-corrected chi connectivity index (χ1v) is 3.62. The van der Waals surface area contributed by atoms with Crippen LogP contribution in [0.2, 0.25) is 0 Å². The van der Waals surface area contributed by atoms with E-state index in [1.165, 1.54) is 11.8 Å². The molecule has 0 saturated heterocycles. The molecule has 68 valence electrons. The Morgan fingerprint density at radius 1 is 1.42 bits per heavy atom. The summed E-state index contributed by atoms with van der Waals surface area (Å²) in [6.45, 7) is 5.51. The van der Waals surface area contributed by atoms with Gasteiger partial charge in [0.2, 0.25) is 0 Å². The standard InChI is InChI=1S/C7H12FN3O/c1-7(2,3)11-5(8)9-6(10-11)12-4/h1-4H3. The molecule has 0 aliphatic carbocycles. The highest BCUT2D eigenvalue weighted by Crippen LogP contribution is 2.16. The molecule has 5 heteroatoms. The minimum atomic E-state index is -0.626. The van der Waals surface area contributed by atoms with Gasteiger partial charge in [-0.3, -0.25) is 0 Å². The molecule has 12 heavy (non-hydrogen) atoms. The second kappa shape index (κ2) is 2.73. The highest BCUT2D eigenvalue weighted by Gasteiger charge is 2.21. The lowest BCUT2D eigenvalue weighted by Crippen LogP contribution is -2.24. The quantitative estimate of drug-likeness (QED) is 0.640. The first kappa shape index (κ1) is 8.96. The van der Waals surface area contributed by atoms with Crippen LogP contribution in [0.4, 0.5) is 4.39 Å². The third-order valence-corrected chi connectivity index (χ3v) is 1.37. The average molecular weight is 173 g/mol. The van der Waals surface area contributed by atoms with Gasteiger partial charge in [-0.25, -0.2) is 4.68 Å². The van der Waals surface area contributed by atoms with Gasteiger partial charge in [0.05, 0.1) is 12.6 Å². The van der Waals surface area contributed by atoms with Gasteiger partial charge < -0.3 is 4.74 Å². The summed E-state index contributed by atoms with van der Waals surface area (Å²) in [6, 6.07) is 0.0578. The summed E-state index contributed by atoms with van der Waals surface area (Å²) in [6.07, 6.45) is -0.626. The van der Waals surface area contributed by atoms with Crippen LogP contribution in [-0.2, 0) is 5.54 Å². The molecular weight excluding hydrogens is 161 g/mol. The van der Waals surface area contributed by atoms with E-state index in [1.807, 2.05) is 20.8 Å². The molecular formula is C7H12FN3O. The second-order valence-corrected chi connectivity index (χ2v) is 3.45. The fraction of sp³-hybridized carbons (Fsp3) is 0.714. The van der Waals surface area contributed by atoms with Crippen LogP contribution in [0.3, 0.4) is 0 Å². The molecule has 0 spiro atoms. The van der Waals surface area contributed by atoms with Crippen LogP contribution in [-0.4, -0.2) is 21.9 Å². The molecule has 1 heterocycles. The molecule has 0 aliphatic rings. The molecule has 0 amide bonds. The molecule has 0 atom stereocenters. The third kappa shape index (κ3) is 1.54. The van der Waals surface area contributed by atoms with Crippen LogP contribution in [0.1, 0.15) is 20.8 Å².